The van der Waals surface area contributed by atoms with Gasteiger partial charge in [0.2, 0.25) is 0 Å². The van der Waals surface area contributed by atoms with Crippen LogP contribution in [0.15, 0.2) is 18.2 Å². The summed E-state index contributed by atoms with van der Waals surface area (Å²) in [6.45, 7) is 0.607. The molecule has 0 unspecified atom stereocenters. The number of hydrogen-bond donors (Lipinski definition) is 1. The van der Waals surface area contributed by atoms with Crippen molar-refractivity contribution < 1.29 is 27.5 Å². The highest BCUT2D eigenvalue weighted by molar-refractivity contribution is 5.70. The van der Waals surface area contributed by atoms with Crippen molar-refractivity contribution >= 4 is 11.7 Å². The number of aliphatic carboxylic acids is 1. The van der Waals surface area contributed by atoms with E-state index in [9.17, 15) is 22.4 Å². The van der Waals surface area contributed by atoms with Crippen LogP contribution in [0.5, 0.6) is 0 Å². The molecule has 1 aliphatic rings. The molecule has 0 radical (unpaired) electrons. The van der Waals surface area contributed by atoms with Gasteiger partial charge in [0.25, 0.3) is 0 Å². The zero-order valence-corrected chi connectivity index (χ0v) is 10.5. The molecule has 20 heavy (non-hydrogen) atoms. The van der Waals surface area contributed by atoms with E-state index < -0.39 is 29.4 Å². The molecule has 0 atom stereocenters. The second kappa shape index (κ2) is 5.30. The average molecular weight is 291 g/mol. The van der Waals surface area contributed by atoms with Gasteiger partial charge in [0, 0.05) is 18.8 Å². The smallest absolute Gasteiger partial charge is 0.416 e. The van der Waals surface area contributed by atoms with Crippen molar-refractivity contribution in [2.45, 2.75) is 19.0 Å². The summed E-state index contributed by atoms with van der Waals surface area (Å²) in [5.74, 6) is -2.34. The molecule has 1 fully saturated rings. The SMILES string of the molecule is O=C(O)C1CCN(c2cc(F)cc(C(F)(F)F)c2)CC1. The number of halogens is 4. The van der Waals surface area contributed by atoms with Gasteiger partial charge >= 0.3 is 12.1 Å². The number of benzene rings is 1. The van der Waals surface area contributed by atoms with Crippen LogP contribution in [0, 0.1) is 11.7 Å². The summed E-state index contributed by atoms with van der Waals surface area (Å²) in [4.78, 5) is 12.4. The molecule has 0 spiro atoms. The number of alkyl halides is 3. The van der Waals surface area contributed by atoms with Crippen molar-refractivity contribution in [2.24, 2.45) is 5.92 Å². The number of carbonyl (C=O) groups is 1. The maximum Gasteiger partial charge on any atom is 0.416 e. The van der Waals surface area contributed by atoms with Crippen LogP contribution >= 0.6 is 0 Å². The van der Waals surface area contributed by atoms with E-state index in [1.807, 2.05) is 0 Å². The molecule has 1 heterocycles. The fourth-order valence-corrected chi connectivity index (χ4v) is 2.31. The molecule has 3 nitrogen and oxygen atoms in total. The van der Waals surface area contributed by atoms with E-state index in [0.29, 0.717) is 32.0 Å². The standard InChI is InChI=1S/C13H13F4NO2/c14-10-5-9(13(15,16)17)6-11(7-10)18-3-1-8(2-4-18)12(19)20/h5-8H,1-4H2,(H,19,20). The van der Waals surface area contributed by atoms with Crippen LogP contribution in [-0.2, 0) is 11.0 Å². The zero-order valence-electron chi connectivity index (χ0n) is 10.5. The highest BCUT2D eigenvalue weighted by Crippen LogP contribution is 2.33. The molecule has 0 aliphatic carbocycles. The fourth-order valence-electron chi connectivity index (χ4n) is 2.31. The van der Waals surface area contributed by atoms with Crippen LogP contribution in [0.1, 0.15) is 18.4 Å². The quantitative estimate of drug-likeness (QED) is 0.851. The second-order valence-corrected chi connectivity index (χ2v) is 4.80. The summed E-state index contributed by atoms with van der Waals surface area (Å²) in [5.41, 5.74) is -0.894. The predicted molar refractivity (Wildman–Crippen MR) is 64.0 cm³/mol. The summed E-state index contributed by atoms with van der Waals surface area (Å²) in [6.07, 6.45) is -3.92. The first-order valence-corrected chi connectivity index (χ1v) is 6.13. The molecule has 0 saturated carbocycles. The molecule has 7 heteroatoms. The second-order valence-electron chi connectivity index (χ2n) is 4.80. The first-order chi connectivity index (χ1) is 9.27. The van der Waals surface area contributed by atoms with Crippen LogP contribution in [-0.4, -0.2) is 24.2 Å². The number of carboxylic acids is 1. The lowest BCUT2D eigenvalue weighted by atomic mass is 9.96. The van der Waals surface area contributed by atoms with Gasteiger partial charge in [0.05, 0.1) is 11.5 Å². The topological polar surface area (TPSA) is 40.5 Å². The van der Waals surface area contributed by atoms with Gasteiger partial charge in [0.15, 0.2) is 0 Å². The molecule has 1 aliphatic heterocycles. The lowest BCUT2D eigenvalue weighted by Crippen LogP contribution is -2.36. The molecule has 0 aromatic heterocycles. The Morgan fingerprint density at radius 3 is 2.30 bits per heavy atom. The summed E-state index contributed by atoms with van der Waals surface area (Å²) in [7, 11) is 0. The molecule has 1 aromatic rings. The van der Waals surface area contributed by atoms with E-state index in [1.165, 1.54) is 0 Å². The monoisotopic (exact) mass is 291 g/mol. The fraction of sp³-hybridized carbons (Fsp3) is 0.462. The summed E-state index contributed by atoms with van der Waals surface area (Å²) in [6, 6.07) is 2.38. The van der Waals surface area contributed by atoms with Crippen LogP contribution in [0.4, 0.5) is 23.2 Å². The van der Waals surface area contributed by atoms with Crippen molar-refractivity contribution in [3.8, 4) is 0 Å². The molecule has 0 bridgehead atoms. The molecule has 1 N–H and O–H groups in total. The van der Waals surface area contributed by atoms with Gasteiger partial charge in [-0.1, -0.05) is 0 Å². The van der Waals surface area contributed by atoms with Gasteiger partial charge in [-0.2, -0.15) is 13.2 Å². The number of rotatable bonds is 2. The van der Waals surface area contributed by atoms with Crippen LogP contribution in [0.2, 0.25) is 0 Å². The van der Waals surface area contributed by atoms with Gasteiger partial charge < -0.3 is 10.0 Å². The minimum atomic E-state index is -4.60. The third-order valence-electron chi connectivity index (χ3n) is 3.42. The lowest BCUT2D eigenvalue weighted by molar-refractivity contribution is -0.142. The third-order valence-corrected chi connectivity index (χ3v) is 3.42. The predicted octanol–water partition coefficient (Wildman–Crippen LogP) is 3.15. The van der Waals surface area contributed by atoms with E-state index >= 15 is 0 Å². The van der Waals surface area contributed by atoms with Crippen LogP contribution in [0.25, 0.3) is 0 Å². The Hall–Kier alpha value is -1.79. The number of hydrogen-bond acceptors (Lipinski definition) is 2. The first-order valence-electron chi connectivity index (χ1n) is 6.13. The molecule has 2 rings (SSSR count). The van der Waals surface area contributed by atoms with E-state index in [-0.39, 0.29) is 5.69 Å². The van der Waals surface area contributed by atoms with Crippen LogP contribution in [0.3, 0.4) is 0 Å². The number of anilines is 1. The van der Waals surface area contributed by atoms with E-state index in [4.69, 9.17) is 5.11 Å². The van der Waals surface area contributed by atoms with Crippen LogP contribution < -0.4 is 4.90 Å². The molecule has 0 amide bonds. The zero-order chi connectivity index (χ0) is 14.9. The molecular formula is C13H13F4NO2. The lowest BCUT2D eigenvalue weighted by Gasteiger charge is -2.32. The van der Waals surface area contributed by atoms with Crippen molar-refractivity contribution in [3.63, 3.8) is 0 Å². The maximum atomic E-state index is 13.3. The van der Waals surface area contributed by atoms with Crippen molar-refractivity contribution in [1.29, 1.82) is 0 Å². The summed E-state index contributed by atoms with van der Waals surface area (Å²) < 4.78 is 51.2. The Bertz CT molecular complexity index is 508. The Balaban J connectivity index is 2.18. The Labute approximate surface area is 112 Å². The first kappa shape index (κ1) is 14.6. The van der Waals surface area contributed by atoms with Crippen molar-refractivity contribution in [2.75, 3.05) is 18.0 Å². The molecule has 110 valence electrons. The van der Waals surface area contributed by atoms with Gasteiger partial charge in [0.1, 0.15) is 5.82 Å². The molecule has 1 saturated heterocycles. The van der Waals surface area contributed by atoms with E-state index in [1.54, 1.807) is 4.90 Å². The Kier molecular flexibility index (Phi) is 3.87. The highest BCUT2D eigenvalue weighted by atomic mass is 19.4. The average Bonchev–Trinajstić information content (AvgIpc) is 2.37. The summed E-state index contributed by atoms with van der Waals surface area (Å²) in [5, 5.41) is 8.86. The Morgan fingerprint density at radius 2 is 1.80 bits per heavy atom. The molecule has 1 aromatic carbocycles. The van der Waals surface area contributed by atoms with E-state index in [0.717, 1.165) is 12.1 Å². The number of piperidine rings is 1. The van der Waals surface area contributed by atoms with Gasteiger partial charge in [-0.05, 0) is 31.0 Å². The third kappa shape index (κ3) is 3.20. The number of carboxylic acid groups (broad SMARTS) is 1. The van der Waals surface area contributed by atoms with Crippen molar-refractivity contribution in [1.82, 2.24) is 0 Å². The van der Waals surface area contributed by atoms with E-state index in [2.05, 4.69) is 0 Å². The number of nitrogens with zero attached hydrogens (tertiary/aromatic N) is 1. The van der Waals surface area contributed by atoms with Gasteiger partial charge in [-0.25, -0.2) is 4.39 Å². The normalized spacial score (nSPS) is 17.3. The highest BCUT2D eigenvalue weighted by Gasteiger charge is 2.32. The minimum Gasteiger partial charge on any atom is -0.481 e. The molecular weight excluding hydrogens is 278 g/mol. The largest absolute Gasteiger partial charge is 0.481 e. The minimum absolute atomic E-state index is 0.140. The Morgan fingerprint density at radius 1 is 1.20 bits per heavy atom. The van der Waals surface area contributed by atoms with Crippen molar-refractivity contribution in [3.05, 3.63) is 29.6 Å². The van der Waals surface area contributed by atoms with Gasteiger partial charge in [-0.3, -0.25) is 4.79 Å². The maximum absolute atomic E-state index is 13.3. The summed E-state index contributed by atoms with van der Waals surface area (Å²) >= 11 is 0. The van der Waals surface area contributed by atoms with Gasteiger partial charge in [-0.15, -0.1) is 0 Å².